The molecule has 1 saturated carbocycles. The molecule has 13 heavy (non-hydrogen) atoms. The minimum absolute atomic E-state index is 0.458. The zero-order chi connectivity index (χ0) is 9.47. The highest BCUT2D eigenvalue weighted by Gasteiger charge is 2.54. The maximum atomic E-state index is 10.9. The number of aryl methyl sites for hydroxylation is 1. The lowest BCUT2D eigenvalue weighted by molar-refractivity contribution is -0.140. The average Bonchev–Trinajstić information content (AvgIpc) is 2.83. The first-order valence-corrected chi connectivity index (χ1v) is 4.19. The Morgan fingerprint density at radius 1 is 1.62 bits per heavy atom. The molecule has 1 aliphatic rings. The van der Waals surface area contributed by atoms with Crippen LogP contribution in [0.5, 0.6) is 0 Å². The first-order valence-electron chi connectivity index (χ1n) is 4.19. The Bertz CT molecular complexity index is 358. The third-order valence-corrected chi connectivity index (χ3v) is 2.38. The number of hydrogen-bond acceptors (Lipinski definition) is 3. The number of carbonyl (C=O) groups is 1. The van der Waals surface area contributed by atoms with Gasteiger partial charge in [-0.15, -0.1) is 0 Å². The molecule has 1 aliphatic carbocycles. The summed E-state index contributed by atoms with van der Waals surface area (Å²) in [6.07, 6.45) is 2.93. The van der Waals surface area contributed by atoms with E-state index in [0.29, 0.717) is 18.7 Å². The molecule has 0 aromatic carbocycles. The van der Waals surface area contributed by atoms with Crippen LogP contribution in [0.3, 0.4) is 0 Å². The van der Waals surface area contributed by atoms with Gasteiger partial charge in [0.25, 0.3) is 0 Å². The van der Waals surface area contributed by atoms with Gasteiger partial charge in [-0.1, -0.05) is 0 Å². The van der Waals surface area contributed by atoms with E-state index in [0.717, 1.165) is 5.69 Å². The number of carboxylic acid groups (broad SMARTS) is 1. The van der Waals surface area contributed by atoms with Crippen LogP contribution in [0.1, 0.15) is 24.4 Å². The quantitative estimate of drug-likeness (QED) is 0.730. The van der Waals surface area contributed by atoms with Crippen molar-refractivity contribution in [2.45, 2.75) is 25.2 Å². The zero-order valence-electron chi connectivity index (χ0n) is 7.32. The molecular formula is C9H10N2O2. The Morgan fingerprint density at radius 2 is 2.31 bits per heavy atom. The van der Waals surface area contributed by atoms with Crippen LogP contribution < -0.4 is 0 Å². The maximum Gasteiger partial charge on any atom is 0.317 e. The largest absolute Gasteiger partial charge is 0.480 e. The molecule has 0 aliphatic heterocycles. The van der Waals surface area contributed by atoms with Gasteiger partial charge in [0, 0.05) is 11.9 Å². The lowest BCUT2D eigenvalue weighted by Gasteiger charge is -2.07. The van der Waals surface area contributed by atoms with Gasteiger partial charge in [-0.05, 0) is 25.8 Å². The maximum absolute atomic E-state index is 10.9. The molecule has 1 heterocycles. The predicted molar refractivity (Wildman–Crippen MR) is 45.3 cm³/mol. The number of carboxylic acids is 1. The monoisotopic (exact) mass is 178 g/mol. The van der Waals surface area contributed by atoms with Crippen LogP contribution in [0.15, 0.2) is 12.3 Å². The summed E-state index contributed by atoms with van der Waals surface area (Å²) in [6.45, 7) is 1.84. The minimum Gasteiger partial charge on any atom is -0.480 e. The van der Waals surface area contributed by atoms with E-state index in [9.17, 15) is 4.79 Å². The molecule has 2 rings (SSSR count). The Morgan fingerprint density at radius 3 is 2.77 bits per heavy atom. The molecule has 68 valence electrons. The summed E-state index contributed by atoms with van der Waals surface area (Å²) in [5.41, 5.74) is 0.0453. The Labute approximate surface area is 75.6 Å². The van der Waals surface area contributed by atoms with Crippen molar-refractivity contribution in [3.05, 3.63) is 23.8 Å². The van der Waals surface area contributed by atoms with Gasteiger partial charge in [-0.25, -0.2) is 9.97 Å². The first kappa shape index (κ1) is 8.16. The van der Waals surface area contributed by atoms with Crippen molar-refractivity contribution in [3.8, 4) is 0 Å². The molecule has 1 fully saturated rings. The van der Waals surface area contributed by atoms with E-state index in [1.807, 2.05) is 6.92 Å². The molecular weight excluding hydrogens is 168 g/mol. The van der Waals surface area contributed by atoms with E-state index >= 15 is 0 Å². The van der Waals surface area contributed by atoms with Gasteiger partial charge in [-0.2, -0.15) is 0 Å². The minimum atomic E-state index is -0.807. The Balaban J connectivity index is 2.41. The van der Waals surface area contributed by atoms with Crippen LogP contribution in [0.25, 0.3) is 0 Å². The van der Waals surface area contributed by atoms with Crippen LogP contribution in [0, 0.1) is 6.92 Å². The molecule has 0 saturated heterocycles. The Kier molecular flexibility index (Phi) is 1.58. The average molecular weight is 178 g/mol. The topological polar surface area (TPSA) is 63.1 Å². The highest BCUT2D eigenvalue weighted by molar-refractivity contribution is 5.83. The summed E-state index contributed by atoms with van der Waals surface area (Å²) in [4.78, 5) is 19.1. The molecule has 0 atom stereocenters. The molecule has 0 radical (unpaired) electrons. The highest BCUT2D eigenvalue weighted by atomic mass is 16.4. The van der Waals surface area contributed by atoms with Crippen LogP contribution >= 0.6 is 0 Å². The van der Waals surface area contributed by atoms with Crippen LogP contribution in [0.4, 0.5) is 0 Å². The summed E-state index contributed by atoms with van der Waals surface area (Å²) in [5, 5.41) is 8.97. The van der Waals surface area contributed by atoms with E-state index in [1.54, 1.807) is 12.3 Å². The number of aliphatic carboxylic acids is 1. The molecule has 1 aromatic heterocycles. The van der Waals surface area contributed by atoms with Gasteiger partial charge in [0.05, 0.1) is 0 Å². The van der Waals surface area contributed by atoms with Gasteiger partial charge in [0.15, 0.2) is 0 Å². The smallest absolute Gasteiger partial charge is 0.317 e. The van der Waals surface area contributed by atoms with Crippen molar-refractivity contribution >= 4 is 5.97 Å². The second-order valence-electron chi connectivity index (χ2n) is 3.41. The predicted octanol–water partition coefficient (Wildman–Crippen LogP) is 0.901. The van der Waals surface area contributed by atoms with Crippen molar-refractivity contribution in [3.63, 3.8) is 0 Å². The fourth-order valence-corrected chi connectivity index (χ4v) is 1.34. The highest BCUT2D eigenvalue weighted by Crippen LogP contribution is 2.46. The van der Waals surface area contributed by atoms with Crippen LogP contribution in [0.2, 0.25) is 0 Å². The van der Waals surface area contributed by atoms with Crippen LogP contribution in [-0.4, -0.2) is 21.0 Å². The molecule has 4 heteroatoms. The third-order valence-electron chi connectivity index (χ3n) is 2.38. The summed E-state index contributed by atoms with van der Waals surface area (Å²) < 4.78 is 0. The van der Waals surface area contributed by atoms with Gasteiger partial charge in [0.1, 0.15) is 11.2 Å². The lowest BCUT2D eigenvalue weighted by atomic mass is 10.1. The number of hydrogen-bond donors (Lipinski definition) is 1. The van der Waals surface area contributed by atoms with Crippen LogP contribution in [-0.2, 0) is 10.2 Å². The van der Waals surface area contributed by atoms with Gasteiger partial charge in [-0.3, -0.25) is 4.79 Å². The first-order chi connectivity index (χ1) is 6.15. The van der Waals surface area contributed by atoms with E-state index in [1.165, 1.54) is 0 Å². The molecule has 0 bridgehead atoms. The lowest BCUT2D eigenvalue weighted by Crippen LogP contribution is -2.22. The number of nitrogens with zero attached hydrogens (tertiary/aromatic N) is 2. The van der Waals surface area contributed by atoms with Crippen molar-refractivity contribution in [1.29, 1.82) is 0 Å². The molecule has 1 aromatic rings. The Hall–Kier alpha value is -1.45. The van der Waals surface area contributed by atoms with E-state index in [-0.39, 0.29) is 0 Å². The zero-order valence-corrected chi connectivity index (χ0v) is 7.32. The van der Waals surface area contributed by atoms with E-state index in [2.05, 4.69) is 9.97 Å². The molecule has 0 spiro atoms. The summed E-state index contributed by atoms with van der Waals surface area (Å²) in [7, 11) is 0. The van der Waals surface area contributed by atoms with Crippen molar-refractivity contribution in [2.75, 3.05) is 0 Å². The van der Waals surface area contributed by atoms with Crippen molar-refractivity contribution in [2.24, 2.45) is 0 Å². The standard InChI is InChI=1S/C9H10N2O2/c1-6-2-5-10-7(11-6)9(3-4-9)8(12)13/h2,5H,3-4H2,1H3,(H,12,13). The van der Waals surface area contributed by atoms with Gasteiger partial charge < -0.3 is 5.11 Å². The van der Waals surface area contributed by atoms with E-state index < -0.39 is 11.4 Å². The fourth-order valence-electron chi connectivity index (χ4n) is 1.34. The number of aromatic nitrogens is 2. The second kappa shape index (κ2) is 2.52. The van der Waals surface area contributed by atoms with Crippen molar-refractivity contribution < 1.29 is 9.90 Å². The van der Waals surface area contributed by atoms with E-state index in [4.69, 9.17) is 5.11 Å². The SMILES string of the molecule is Cc1ccnc(C2(C(=O)O)CC2)n1. The summed E-state index contributed by atoms with van der Waals surface area (Å²) >= 11 is 0. The fraction of sp³-hybridized carbons (Fsp3) is 0.444. The summed E-state index contributed by atoms with van der Waals surface area (Å²) in [5.74, 6) is -0.349. The van der Waals surface area contributed by atoms with Crippen molar-refractivity contribution in [1.82, 2.24) is 9.97 Å². The number of rotatable bonds is 2. The molecule has 1 N–H and O–H groups in total. The van der Waals surface area contributed by atoms with Gasteiger partial charge in [0.2, 0.25) is 0 Å². The molecule has 0 amide bonds. The normalized spacial score (nSPS) is 18.2. The molecule has 4 nitrogen and oxygen atoms in total. The summed E-state index contributed by atoms with van der Waals surface area (Å²) in [6, 6.07) is 1.77. The van der Waals surface area contributed by atoms with Gasteiger partial charge >= 0.3 is 5.97 Å². The second-order valence-corrected chi connectivity index (χ2v) is 3.41. The third kappa shape index (κ3) is 1.18. The molecule has 0 unspecified atom stereocenters.